The molecule has 3 aliphatic heterocycles. The first-order chi connectivity index (χ1) is 39.2. The summed E-state index contributed by atoms with van der Waals surface area (Å²) in [6.45, 7) is 9.01. The molecule has 420 valence electrons. The Balaban J connectivity index is 0.820. The SMILES string of the molecule is CO[C@@H](C)COc1nc(N2C[C@@H]3C[C@H]2CN3)c2cc(C3CC3)c(-c3c(C)c(F)cc4[nH]ncc34)c(OCc3ccc(-c4cn([C@H](C(=O)N5C[C@H](O)C[C@H]5C(=O)N[C@@H](CO)c5ccc(-c6cccnc6Cl)cc5)C(C)C)nn4)cc3)c2n1. The maximum atomic E-state index is 16.1. The molecule has 2 amide bonds. The number of hydrogen-bond donors (Lipinski definition) is 5. The monoisotopic (exact) mass is 1120 g/mol. The van der Waals surface area contributed by atoms with Gasteiger partial charge in [0, 0.05) is 84.5 Å². The molecular formula is C60H64ClFN12O7. The van der Waals surface area contributed by atoms with Crippen LogP contribution in [0.1, 0.15) is 86.7 Å². The number of aromatic nitrogens is 8. The molecule has 7 heterocycles. The number of pyridine rings is 1. The van der Waals surface area contributed by atoms with Gasteiger partial charge in [-0.05, 0) is 97.0 Å². The number of aliphatic hydroxyl groups is 2. The number of likely N-dealkylation sites (tertiary alicyclic amines) is 1. The number of ether oxygens (including phenoxy) is 3. The second-order valence-electron chi connectivity index (χ2n) is 22.2. The molecule has 1 saturated carbocycles. The van der Waals surface area contributed by atoms with E-state index in [0.717, 1.165) is 82.3 Å². The van der Waals surface area contributed by atoms with Crippen LogP contribution >= 0.6 is 11.6 Å². The molecule has 19 nitrogen and oxygen atoms in total. The summed E-state index contributed by atoms with van der Waals surface area (Å²) in [6.07, 6.45) is 6.86. The summed E-state index contributed by atoms with van der Waals surface area (Å²) in [5.74, 6) is -0.0692. The van der Waals surface area contributed by atoms with Gasteiger partial charge in [0.05, 0.1) is 42.8 Å². The van der Waals surface area contributed by atoms with Crippen molar-refractivity contribution in [1.29, 1.82) is 0 Å². The van der Waals surface area contributed by atoms with Crippen molar-refractivity contribution in [3.05, 3.63) is 125 Å². The number of aliphatic hydroxyl groups excluding tert-OH is 2. The molecule has 1 aliphatic carbocycles. The molecular weight excluding hydrogens is 1060 g/mol. The van der Waals surface area contributed by atoms with Crippen molar-refractivity contribution in [2.24, 2.45) is 5.92 Å². The molecule has 12 rings (SSSR count). The van der Waals surface area contributed by atoms with Crippen LogP contribution in [-0.4, -0.2) is 137 Å². The number of methoxy groups -OCH3 is 1. The Hall–Kier alpha value is -7.62. The Kier molecular flexibility index (Phi) is 14.9. The highest BCUT2D eigenvalue weighted by atomic mass is 35.5. The van der Waals surface area contributed by atoms with E-state index in [9.17, 15) is 19.8 Å². The number of halogens is 2. The quantitative estimate of drug-likeness (QED) is 0.0483. The van der Waals surface area contributed by atoms with Crippen molar-refractivity contribution >= 4 is 51.0 Å². The van der Waals surface area contributed by atoms with Crippen LogP contribution in [0.15, 0.2) is 91.4 Å². The smallest absolute Gasteiger partial charge is 0.319 e. The number of nitrogens with zero attached hydrogens (tertiary/aromatic N) is 9. The Morgan fingerprint density at radius 1 is 0.963 bits per heavy atom. The molecule has 4 aliphatic rings. The number of carbonyl (C=O) groups is 2. The zero-order valence-corrected chi connectivity index (χ0v) is 46.4. The standard InChI is InChI=1S/C60H64ClFN12O7/c1-31(2)54(59(78)73-26-41(76)20-50(73)58(77)66-49(28-75)38-16-14-35(15-17-38)42-7-6-18-63-56(42)61)74-27-48(70-71-74)37-10-8-34(9-11-37)30-80-55-52(51-33(4)46(62)22-47-45(51)24-65-69-47)43(36-12-13-36)21-44-53(55)67-60(81-29-32(3)79-5)68-57(44)72-25-39-19-40(72)23-64-39/h6-11,14-18,21-22,24,27,31-32,36,39-41,49-50,54,64,75-76H,12-13,19-20,23,25-26,28-30H2,1-5H3,(H,65,69)(H,66,77)/t32-,39-,40-,41+,49-,50-,54-/m0/s1. The zero-order valence-electron chi connectivity index (χ0n) is 45.6. The molecule has 0 spiro atoms. The van der Waals surface area contributed by atoms with Crippen molar-refractivity contribution in [1.82, 2.24) is 55.7 Å². The number of amides is 2. The third-order valence-corrected chi connectivity index (χ3v) is 16.7. The van der Waals surface area contributed by atoms with Crippen LogP contribution in [0.3, 0.4) is 0 Å². The Bertz CT molecular complexity index is 3650. The predicted molar refractivity (Wildman–Crippen MR) is 303 cm³/mol. The summed E-state index contributed by atoms with van der Waals surface area (Å²) in [5.41, 5.74) is 8.38. The van der Waals surface area contributed by atoms with E-state index in [1.54, 1.807) is 50.8 Å². The summed E-state index contributed by atoms with van der Waals surface area (Å²) in [4.78, 5) is 46.8. The largest absolute Gasteiger partial charge is 0.486 e. The van der Waals surface area contributed by atoms with E-state index in [4.69, 9.17) is 35.8 Å². The van der Waals surface area contributed by atoms with Crippen LogP contribution in [0.25, 0.3) is 55.3 Å². The van der Waals surface area contributed by atoms with Gasteiger partial charge in [-0.1, -0.05) is 79.2 Å². The number of benzene rings is 4. The van der Waals surface area contributed by atoms with Gasteiger partial charge in [0.1, 0.15) is 53.3 Å². The minimum Gasteiger partial charge on any atom is -0.486 e. The highest BCUT2D eigenvalue weighted by Gasteiger charge is 2.44. The second kappa shape index (κ2) is 22.4. The zero-order chi connectivity index (χ0) is 56.2. The molecule has 4 aromatic heterocycles. The number of fused-ring (bicyclic) bond motifs is 4. The predicted octanol–water partition coefficient (Wildman–Crippen LogP) is 8.02. The number of hydrogen-bond acceptors (Lipinski definition) is 15. The average molecular weight is 1120 g/mol. The average Bonchev–Trinajstić information content (AvgIpc) is 4.07. The topological polar surface area (TPSA) is 231 Å². The lowest BCUT2D eigenvalue weighted by Crippen LogP contribution is -2.50. The number of anilines is 1. The lowest BCUT2D eigenvalue weighted by molar-refractivity contribution is -0.142. The highest BCUT2D eigenvalue weighted by molar-refractivity contribution is 6.32. The third-order valence-electron chi connectivity index (χ3n) is 16.4. The molecule has 21 heteroatoms. The number of nitrogens with one attached hydrogen (secondary N) is 3. The fourth-order valence-electron chi connectivity index (χ4n) is 11.8. The summed E-state index contributed by atoms with van der Waals surface area (Å²) in [6, 6.07) is 20.4. The summed E-state index contributed by atoms with van der Waals surface area (Å²) in [7, 11) is 1.63. The van der Waals surface area contributed by atoms with E-state index >= 15 is 4.39 Å². The van der Waals surface area contributed by atoms with Gasteiger partial charge in [-0.3, -0.25) is 14.7 Å². The van der Waals surface area contributed by atoms with Crippen molar-refractivity contribution in [3.8, 4) is 45.3 Å². The first-order valence-corrected chi connectivity index (χ1v) is 28.0. The minimum atomic E-state index is -1.00. The van der Waals surface area contributed by atoms with E-state index in [2.05, 4.69) is 47.1 Å². The molecule has 8 aromatic rings. The molecule has 81 heavy (non-hydrogen) atoms. The molecule has 2 bridgehead atoms. The number of aromatic amines is 1. The van der Waals surface area contributed by atoms with Crippen LogP contribution in [0, 0.1) is 18.7 Å². The minimum absolute atomic E-state index is 0.0234. The van der Waals surface area contributed by atoms with Crippen LogP contribution < -0.4 is 25.0 Å². The Morgan fingerprint density at radius 2 is 1.75 bits per heavy atom. The van der Waals surface area contributed by atoms with E-state index in [1.165, 1.54) is 15.6 Å². The van der Waals surface area contributed by atoms with Crippen molar-refractivity contribution in [2.75, 3.05) is 44.9 Å². The van der Waals surface area contributed by atoms with Crippen LogP contribution in [-0.2, 0) is 20.9 Å². The Morgan fingerprint density at radius 3 is 2.46 bits per heavy atom. The normalized spacial score (nSPS) is 19.9. The number of β-amino-alcohol motifs (C(OH)–C–C–N with tert-alkyl or cyclic N) is 1. The second-order valence-corrected chi connectivity index (χ2v) is 22.6. The van der Waals surface area contributed by atoms with Crippen LogP contribution in [0.4, 0.5) is 10.2 Å². The summed E-state index contributed by atoms with van der Waals surface area (Å²) >= 11 is 6.33. The maximum Gasteiger partial charge on any atom is 0.319 e. The fourth-order valence-corrected chi connectivity index (χ4v) is 12.1. The molecule has 4 fully saturated rings. The first-order valence-electron chi connectivity index (χ1n) is 27.7. The van der Waals surface area contributed by atoms with Gasteiger partial charge in [-0.2, -0.15) is 15.1 Å². The fraction of sp³-hybridized carbons (Fsp3) is 0.400. The van der Waals surface area contributed by atoms with Gasteiger partial charge in [-0.15, -0.1) is 5.10 Å². The van der Waals surface area contributed by atoms with Gasteiger partial charge in [-0.25, -0.2) is 14.1 Å². The van der Waals surface area contributed by atoms with E-state index in [-0.39, 0.29) is 62.0 Å². The maximum absolute atomic E-state index is 16.1. The van der Waals surface area contributed by atoms with Crippen LogP contribution in [0.5, 0.6) is 11.8 Å². The van der Waals surface area contributed by atoms with Gasteiger partial charge in [0.2, 0.25) is 11.8 Å². The van der Waals surface area contributed by atoms with Gasteiger partial charge < -0.3 is 44.9 Å². The Labute approximate surface area is 472 Å². The molecule has 5 N–H and O–H groups in total. The summed E-state index contributed by atoms with van der Waals surface area (Å²) < 4.78 is 36.6. The van der Waals surface area contributed by atoms with Gasteiger partial charge >= 0.3 is 6.01 Å². The molecule has 4 aromatic carbocycles. The number of H-pyrrole nitrogens is 1. The molecule has 7 atom stereocenters. The molecule has 0 unspecified atom stereocenters. The van der Waals surface area contributed by atoms with E-state index in [1.807, 2.05) is 63.2 Å². The number of piperazine rings is 1. The molecule has 0 radical (unpaired) electrons. The van der Waals surface area contributed by atoms with Crippen molar-refractivity contribution < 1.29 is 38.4 Å². The first kappa shape index (κ1) is 54.0. The van der Waals surface area contributed by atoms with Gasteiger partial charge in [0.15, 0.2) is 5.75 Å². The van der Waals surface area contributed by atoms with Crippen LogP contribution in [0.2, 0.25) is 5.15 Å². The van der Waals surface area contributed by atoms with E-state index < -0.39 is 42.7 Å². The lowest BCUT2D eigenvalue weighted by Gasteiger charge is -2.30. The highest BCUT2D eigenvalue weighted by Crippen LogP contribution is 2.53. The number of carbonyl (C=O) groups excluding carboxylic acids is 2. The molecule has 3 saturated heterocycles. The summed E-state index contributed by atoms with van der Waals surface area (Å²) in [5, 5.41) is 46.2. The third kappa shape index (κ3) is 10.5. The lowest BCUT2D eigenvalue weighted by atomic mass is 9.88. The van der Waals surface area contributed by atoms with Crippen molar-refractivity contribution in [3.63, 3.8) is 0 Å². The van der Waals surface area contributed by atoms with E-state index in [0.29, 0.717) is 50.4 Å². The van der Waals surface area contributed by atoms with Crippen molar-refractivity contribution in [2.45, 2.75) is 108 Å². The number of rotatable bonds is 19. The van der Waals surface area contributed by atoms with Gasteiger partial charge in [0.25, 0.3) is 0 Å².